The zero-order chi connectivity index (χ0) is 20.9. The van der Waals surface area contributed by atoms with Crippen molar-refractivity contribution in [2.24, 2.45) is 5.92 Å². The van der Waals surface area contributed by atoms with E-state index in [1.165, 1.54) is 28.6 Å². The van der Waals surface area contributed by atoms with Gasteiger partial charge >= 0.3 is 0 Å². The molecule has 2 aromatic carbocycles. The van der Waals surface area contributed by atoms with E-state index in [9.17, 15) is 22.4 Å². The van der Waals surface area contributed by atoms with E-state index in [1.807, 2.05) is 0 Å². The first-order valence-electron chi connectivity index (χ1n) is 9.24. The zero-order valence-corrected chi connectivity index (χ0v) is 16.5. The van der Waals surface area contributed by atoms with Crippen LogP contribution in [-0.4, -0.2) is 37.6 Å². The number of nitrogens with one attached hydrogen (secondary N) is 2. The van der Waals surface area contributed by atoms with E-state index in [2.05, 4.69) is 10.9 Å². The van der Waals surface area contributed by atoms with E-state index in [0.717, 1.165) is 0 Å². The molecule has 2 N–H and O–H groups in total. The highest BCUT2D eigenvalue weighted by molar-refractivity contribution is 7.89. The van der Waals surface area contributed by atoms with Crippen molar-refractivity contribution in [2.45, 2.75) is 24.2 Å². The van der Waals surface area contributed by atoms with Crippen LogP contribution in [0.1, 0.15) is 18.4 Å². The maximum atomic E-state index is 12.9. The average molecular weight is 419 g/mol. The van der Waals surface area contributed by atoms with Gasteiger partial charge in [0.15, 0.2) is 0 Å². The quantitative estimate of drug-likeness (QED) is 0.720. The average Bonchev–Trinajstić information content (AvgIpc) is 2.74. The van der Waals surface area contributed by atoms with Crippen LogP contribution in [0.5, 0.6) is 0 Å². The molecule has 0 bridgehead atoms. The van der Waals surface area contributed by atoms with Gasteiger partial charge in [0.05, 0.1) is 11.3 Å². The van der Waals surface area contributed by atoms with Crippen molar-refractivity contribution in [1.29, 1.82) is 0 Å². The number of piperidine rings is 1. The van der Waals surface area contributed by atoms with Crippen LogP contribution in [0.4, 0.5) is 4.39 Å². The van der Waals surface area contributed by atoms with Crippen LogP contribution < -0.4 is 10.9 Å². The van der Waals surface area contributed by atoms with E-state index < -0.39 is 15.9 Å². The SMILES string of the molecule is O=C(Cc1ccc(F)cc1)NNC(=O)C1CCN(S(=O)(=O)c2ccccc2)CC1. The topological polar surface area (TPSA) is 95.6 Å². The van der Waals surface area contributed by atoms with Crippen molar-refractivity contribution in [2.75, 3.05) is 13.1 Å². The van der Waals surface area contributed by atoms with Gasteiger partial charge in [0.2, 0.25) is 21.8 Å². The fraction of sp³-hybridized carbons (Fsp3) is 0.300. The Morgan fingerprint density at radius 2 is 1.59 bits per heavy atom. The van der Waals surface area contributed by atoms with E-state index in [0.29, 0.717) is 18.4 Å². The number of sulfonamides is 1. The Kier molecular flexibility index (Phi) is 6.60. The summed E-state index contributed by atoms with van der Waals surface area (Å²) in [6.45, 7) is 0.470. The second kappa shape index (κ2) is 9.15. The molecule has 154 valence electrons. The van der Waals surface area contributed by atoms with Gasteiger partial charge in [-0.25, -0.2) is 12.8 Å². The molecule has 3 rings (SSSR count). The monoisotopic (exact) mass is 419 g/mol. The third-order valence-electron chi connectivity index (χ3n) is 4.81. The predicted octanol–water partition coefficient (Wildman–Crippen LogP) is 1.62. The Labute approximate surface area is 168 Å². The first-order chi connectivity index (χ1) is 13.9. The maximum Gasteiger partial charge on any atom is 0.243 e. The molecule has 0 unspecified atom stereocenters. The Morgan fingerprint density at radius 1 is 0.966 bits per heavy atom. The van der Waals surface area contributed by atoms with Crippen molar-refractivity contribution in [3.63, 3.8) is 0 Å². The molecule has 1 saturated heterocycles. The number of amides is 2. The summed E-state index contributed by atoms with van der Waals surface area (Å²) in [5.41, 5.74) is 5.36. The number of carbonyl (C=O) groups is 2. The highest BCUT2D eigenvalue weighted by Crippen LogP contribution is 2.23. The lowest BCUT2D eigenvalue weighted by Gasteiger charge is -2.30. The number of halogens is 1. The summed E-state index contributed by atoms with van der Waals surface area (Å²) in [7, 11) is -3.57. The number of nitrogens with zero attached hydrogens (tertiary/aromatic N) is 1. The maximum absolute atomic E-state index is 12.9. The van der Waals surface area contributed by atoms with E-state index in [-0.39, 0.29) is 42.0 Å². The molecule has 1 aliphatic heterocycles. The van der Waals surface area contributed by atoms with Crippen LogP contribution in [0, 0.1) is 11.7 Å². The van der Waals surface area contributed by atoms with Crippen LogP contribution in [0.15, 0.2) is 59.5 Å². The van der Waals surface area contributed by atoms with E-state index in [4.69, 9.17) is 0 Å². The zero-order valence-electron chi connectivity index (χ0n) is 15.7. The van der Waals surface area contributed by atoms with Crippen LogP contribution in [0.3, 0.4) is 0 Å². The molecule has 0 spiro atoms. The third-order valence-corrected chi connectivity index (χ3v) is 6.72. The van der Waals surface area contributed by atoms with Crippen LogP contribution in [-0.2, 0) is 26.0 Å². The fourth-order valence-electron chi connectivity index (χ4n) is 3.17. The lowest BCUT2D eigenvalue weighted by atomic mass is 9.98. The number of carbonyl (C=O) groups excluding carboxylic acids is 2. The molecule has 1 aliphatic rings. The number of hydrogen-bond acceptors (Lipinski definition) is 4. The smallest absolute Gasteiger partial charge is 0.243 e. The summed E-state index contributed by atoms with van der Waals surface area (Å²) in [5, 5.41) is 0. The van der Waals surface area contributed by atoms with Crippen molar-refractivity contribution < 1.29 is 22.4 Å². The molecule has 0 atom stereocenters. The standard InChI is InChI=1S/C20H22FN3O4S/c21-17-8-6-15(7-9-17)14-19(25)22-23-20(26)16-10-12-24(13-11-16)29(27,28)18-4-2-1-3-5-18/h1-9,16H,10-14H2,(H,22,25)(H,23,26). The summed E-state index contributed by atoms with van der Waals surface area (Å²) in [6.07, 6.45) is 0.742. The Hall–Kier alpha value is -2.78. The molecule has 0 saturated carbocycles. The van der Waals surface area contributed by atoms with Crippen LogP contribution in [0.25, 0.3) is 0 Å². The number of hydrogen-bond donors (Lipinski definition) is 2. The second-order valence-corrected chi connectivity index (χ2v) is 8.77. The lowest BCUT2D eigenvalue weighted by Crippen LogP contribution is -2.48. The first kappa shape index (κ1) is 20.9. The number of rotatable bonds is 5. The molecule has 0 radical (unpaired) electrons. The minimum absolute atomic E-state index is 0.00826. The van der Waals surface area contributed by atoms with Gasteiger partial charge in [0, 0.05) is 19.0 Å². The molecule has 1 fully saturated rings. The van der Waals surface area contributed by atoms with Crippen molar-refractivity contribution >= 4 is 21.8 Å². The summed E-state index contributed by atoms with van der Waals surface area (Å²) in [6, 6.07) is 13.7. The lowest BCUT2D eigenvalue weighted by molar-refractivity contribution is -0.131. The molecular weight excluding hydrogens is 397 g/mol. The van der Waals surface area contributed by atoms with E-state index >= 15 is 0 Å². The van der Waals surface area contributed by atoms with Gasteiger partial charge < -0.3 is 0 Å². The van der Waals surface area contributed by atoms with Gasteiger partial charge in [-0.15, -0.1) is 0 Å². The summed E-state index contributed by atoms with van der Waals surface area (Å²) in [4.78, 5) is 24.4. The summed E-state index contributed by atoms with van der Waals surface area (Å²) < 4.78 is 39.5. The number of hydrazine groups is 1. The molecular formula is C20H22FN3O4S. The Morgan fingerprint density at radius 3 is 2.21 bits per heavy atom. The van der Waals surface area contributed by atoms with Gasteiger partial charge in [-0.3, -0.25) is 20.4 Å². The molecule has 0 aliphatic carbocycles. The summed E-state index contributed by atoms with van der Waals surface area (Å²) >= 11 is 0. The van der Waals surface area contributed by atoms with Gasteiger partial charge in [0.1, 0.15) is 5.82 Å². The largest absolute Gasteiger partial charge is 0.273 e. The van der Waals surface area contributed by atoms with Gasteiger partial charge in [0.25, 0.3) is 0 Å². The predicted molar refractivity (Wildman–Crippen MR) is 104 cm³/mol. The van der Waals surface area contributed by atoms with Crippen molar-refractivity contribution in [3.8, 4) is 0 Å². The van der Waals surface area contributed by atoms with Gasteiger partial charge in [-0.05, 0) is 42.7 Å². The normalized spacial score (nSPS) is 15.6. The number of benzene rings is 2. The molecule has 7 nitrogen and oxygen atoms in total. The Balaban J connectivity index is 1.46. The molecule has 1 heterocycles. The molecule has 2 aromatic rings. The van der Waals surface area contributed by atoms with Gasteiger partial charge in [-0.1, -0.05) is 30.3 Å². The molecule has 9 heteroatoms. The summed E-state index contributed by atoms with van der Waals surface area (Å²) in [5.74, 6) is -1.55. The van der Waals surface area contributed by atoms with Crippen molar-refractivity contribution in [1.82, 2.24) is 15.2 Å². The van der Waals surface area contributed by atoms with Crippen LogP contribution >= 0.6 is 0 Å². The minimum Gasteiger partial charge on any atom is -0.273 e. The molecule has 29 heavy (non-hydrogen) atoms. The Bertz CT molecular complexity index is 957. The third kappa shape index (κ3) is 5.39. The van der Waals surface area contributed by atoms with Gasteiger partial charge in [-0.2, -0.15) is 4.31 Å². The highest BCUT2D eigenvalue weighted by atomic mass is 32.2. The molecule has 0 aromatic heterocycles. The molecule has 2 amide bonds. The second-order valence-electron chi connectivity index (χ2n) is 6.83. The first-order valence-corrected chi connectivity index (χ1v) is 10.7. The fourth-order valence-corrected chi connectivity index (χ4v) is 4.66. The van der Waals surface area contributed by atoms with Crippen LogP contribution in [0.2, 0.25) is 0 Å². The highest BCUT2D eigenvalue weighted by Gasteiger charge is 2.32. The minimum atomic E-state index is -3.57. The van der Waals surface area contributed by atoms with E-state index in [1.54, 1.807) is 30.3 Å². The van der Waals surface area contributed by atoms with Crippen molar-refractivity contribution in [3.05, 3.63) is 66.0 Å².